The molecule has 10 nitrogen and oxygen atoms in total. The van der Waals surface area contributed by atoms with Crippen LogP contribution >= 0.6 is 0 Å². The molecule has 1 saturated carbocycles. The number of fused-ring (bicyclic) bond motifs is 1. The van der Waals surface area contributed by atoms with E-state index in [9.17, 15) is 18.4 Å². The molecule has 0 radical (unpaired) electrons. The average molecular weight is 548 g/mol. The molecule has 3 N–H and O–H groups in total. The van der Waals surface area contributed by atoms with Crippen LogP contribution in [0.2, 0.25) is 0 Å². The van der Waals surface area contributed by atoms with Gasteiger partial charge >= 0.3 is 0 Å². The van der Waals surface area contributed by atoms with E-state index in [0.717, 1.165) is 60.6 Å². The summed E-state index contributed by atoms with van der Waals surface area (Å²) >= 11 is 0. The summed E-state index contributed by atoms with van der Waals surface area (Å²) in [4.78, 5) is 28.1. The van der Waals surface area contributed by atoms with Crippen molar-refractivity contribution in [2.75, 3.05) is 36.5 Å². The number of nitrogens with two attached hydrogens (primary N) is 1. The zero-order chi connectivity index (χ0) is 27.6. The van der Waals surface area contributed by atoms with E-state index in [1.807, 2.05) is 16.8 Å². The van der Waals surface area contributed by atoms with Crippen LogP contribution in [-0.4, -0.2) is 57.8 Å². The molecule has 40 heavy (non-hydrogen) atoms. The average Bonchev–Trinajstić information content (AvgIpc) is 3.24. The number of aromatic nitrogens is 4. The van der Waals surface area contributed by atoms with E-state index in [2.05, 4.69) is 20.4 Å². The van der Waals surface area contributed by atoms with Crippen molar-refractivity contribution in [2.45, 2.75) is 31.3 Å². The van der Waals surface area contributed by atoms with Crippen LogP contribution in [0, 0.1) is 17.0 Å². The topological polar surface area (TPSA) is 120 Å². The van der Waals surface area contributed by atoms with E-state index in [-0.39, 0.29) is 23.2 Å². The van der Waals surface area contributed by atoms with Gasteiger partial charge in [-0.2, -0.15) is 14.9 Å². The van der Waals surface area contributed by atoms with Crippen molar-refractivity contribution >= 4 is 28.2 Å². The summed E-state index contributed by atoms with van der Waals surface area (Å²) in [5, 5.41) is 12.5. The summed E-state index contributed by atoms with van der Waals surface area (Å²) in [6.07, 6.45) is 4.81. The maximum atomic E-state index is 14.4. The number of nitrogens with one attached hydrogen (secondary N) is 1. The number of halogens is 2. The number of hydrogen-bond acceptors (Lipinski definition) is 7. The standard InChI is InChI=1S/C28H27F2N7O3/c29-18-2-1-3-19(30)26(18)37-24(38)7-5-21(34-37)27(39)33-20-4-6-22-17(12-32-36(22)16-8-11-40-14-16)25(20)35-13-23(31)28(15-35)9-10-28/h1-7,12,16,23H,8-11,13-15,31H2,(H,33,39)/t16-,23-/m0/s1. The van der Waals surface area contributed by atoms with Gasteiger partial charge in [-0.25, -0.2) is 8.78 Å². The molecule has 2 saturated heterocycles. The second kappa shape index (κ2) is 9.20. The van der Waals surface area contributed by atoms with Crippen molar-refractivity contribution in [3.8, 4) is 5.69 Å². The summed E-state index contributed by atoms with van der Waals surface area (Å²) in [5.74, 6) is -2.57. The number of para-hydroxylation sites is 1. The number of ether oxygens (including phenoxy) is 1. The lowest BCUT2D eigenvalue weighted by Crippen LogP contribution is -2.30. The van der Waals surface area contributed by atoms with Gasteiger partial charge in [-0.15, -0.1) is 0 Å². The highest BCUT2D eigenvalue weighted by atomic mass is 19.1. The lowest BCUT2D eigenvalue weighted by atomic mass is 10.0. The minimum atomic E-state index is -0.969. The third-order valence-electron chi connectivity index (χ3n) is 8.35. The van der Waals surface area contributed by atoms with E-state index in [4.69, 9.17) is 10.5 Å². The Hall–Kier alpha value is -4.16. The fourth-order valence-corrected chi connectivity index (χ4v) is 5.98. The maximum Gasteiger partial charge on any atom is 0.276 e. The zero-order valence-electron chi connectivity index (χ0n) is 21.5. The first-order valence-electron chi connectivity index (χ1n) is 13.3. The normalized spacial score (nSPS) is 21.4. The van der Waals surface area contributed by atoms with Crippen molar-refractivity contribution in [1.82, 2.24) is 19.6 Å². The van der Waals surface area contributed by atoms with Crippen LogP contribution in [0.1, 0.15) is 35.8 Å². The van der Waals surface area contributed by atoms with Gasteiger partial charge < -0.3 is 20.7 Å². The second-order valence-corrected chi connectivity index (χ2v) is 10.8. The maximum absolute atomic E-state index is 14.4. The summed E-state index contributed by atoms with van der Waals surface area (Å²) in [5.41, 5.74) is 7.29. The number of benzene rings is 2. The molecule has 1 spiro atoms. The predicted molar refractivity (Wildman–Crippen MR) is 144 cm³/mol. The first kappa shape index (κ1) is 24.9. The molecule has 3 fully saturated rings. The van der Waals surface area contributed by atoms with Crippen LogP contribution in [0.25, 0.3) is 16.6 Å². The molecule has 0 bridgehead atoms. The SMILES string of the molecule is N[C@H]1CN(c2c(NC(=O)c3ccc(=O)n(-c4c(F)cccc4F)n3)ccc3c2cnn3[C@H]2CCOC2)CC12CC2. The van der Waals surface area contributed by atoms with Gasteiger partial charge in [-0.05, 0) is 49.6 Å². The highest BCUT2D eigenvalue weighted by Gasteiger charge is 2.54. The van der Waals surface area contributed by atoms with Gasteiger partial charge in [0.15, 0.2) is 11.6 Å². The first-order chi connectivity index (χ1) is 19.3. The van der Waals surface area contributed by atoms with Gasteiger partial charge in [0.1, 0.15) is 11.4 Å². The van der Waals surface area contributed by atoms with Crippen molar-refractivity contribution in [2.24, 2.45) is 11.1 Å². The predicted octanol–water partition coefficient (Wildman–Crippen LogP) is 3.00. The Morgan fingerprint density at radius 2 is 1.90 bits per heavy atom. The number of hydrogen-bond donors (Lipinski definition) is 2. The Labute approximate surface area is 227 Å². The van der Waals surface area contributed by atoms with E-state index in [1.54, 1.807) is 6.20 Å². The molecular weight excluding hydrogens is 520 g/mol. The molecule has 2 aromatic heterocycles. The first-order valence-corrected chi connectivity index (χ1v) is 13.3. The molecule has 1 aliphatic carbocycles. The molecule has 3 aliphatic rings. The van der Waals surface area contributed by atoms with Crippen LogP contribution in [0.5, 0.6) is 0 Å². The molecule has 1 amide bonds. The lowest BCUT2D eigenvalue weighted by Gasteiger charge is -2.24. The number of carbonyl (C=O) groups is 1. The molecule has 12 heteroatoms. The Morgan fingerprint density at radius 3 is 2.60 bits per heavy atom. The monoisotopic (exact) mass is 547 g/mol. The Bertz CT molecular complexity index is 1690. The molecule has 206 valence electrons. The molecule has 4 aromatic rings. The highest BCUT2D eigenvalue weighted by Crippen LogP contribution is 2.54. The van der Waals surface area contributed by atoms with Gasteiger partial charge in [0, 0.05) is 42.6 Å². The third kappa shape index (κ3) is 3.97. The molecule has 7 rings (SSSR count). The van der Waals surface area contributed by atoms with Gasteiger partial charge in [0.05, 0.1) is 35.7 Å². The smallest absolute Gasteiger partial charge is 0.276 e. The van der Waals surface area contributed by atoms with E-state index in [1.165, 1.54) is 12.1 Å². The number of carbonyl (C=O) groups excluding carboxylic acids is 1. The minimum Gasteiger partial charge on any atom is -0.379 e. The molecule has 4 heterocycles. The van der Waals surface area contributed by atoms with Gasteiger partial charge in [0.25, 0.3) is 11.5 Å². The fourth-order valence-electron chi connectivity index (χ4n) is 5.98. The van der Waals surface area contributed by atoms with Gasteiger partial charge in [-0.3, -0.25) is 14.3 Å². The minimum absolute atomic E-state index is 0.0190. The van der Waals surface area contributed by atoms with Crippen LogP contribution in [-0.2, 0) is 4.74 Å². The Morgan fingerprint density at radius 1 is 1.10 bits per heavy atom. The van der Waals surface area contributed by atoms with Gasteiger partial charge in [0.2, 0.25) is 0 Å². The second-order valence-electron chi connectivity index (χ2n) is 10.8. The third-order valence-corrected chi connectivity index (χ3v) is 8.35. The summed E-state index contributed by atoms with van der Waals surface area (Å²) < 4.78 is 36.9. The van der Waals surface area contributed by atoms with Crippen molar-refractivity contribution < 1.29 is 18.3 Å². The van der Waals surface area contributed by atoms with E-state index in [0.29, 0.717) is 30.1 Å². The number of anilines is 2. The molecule has 2 aromatic carbocycles. The van der Waals surface area contributed by atoms with Gasteiger partial charge in [-0.1, -0.05) is 6.07 Å². The molecular formula is C28H27F2N7O3. The van der Waals surface area contributed by atoms with Crippen LogP contribution in [0.3, 0.4) is 0 Å². The lowest BCUT2D eigenvalue weighted by molar-refractivity contribution is 0.102. The molecule has 0 unspecified atom stereocenters. The number of amides is 1. The summed E-state index contributed by atoms with van der Waals surface area (Å²) in [6, 6.07) is 9.39. The van der Waals surface area contributed by atoms with Crippen LogP contribution in [0.15, 0.2) is 53.5 Å². The number of rotatable bonds is 5. The Kier molecular flexibility index (Phi) is 5.72. The molecule has 2 aliphatic heterocycles. The largest absolute Gasteiger partial charge is 0.379 e. The fraction of sp³-hybridized carbons (Fsp3) is 0.357. The van der Waals surface area contributed by atoms with Crippen molar-refractivity contribution in [1.29, 1.82) is 0 Å². The van der Waals surface area contributed by atoms with Crippen molar-refractivity contribution in [3.63, 3.8) is 0 Å². The Balaban J connectivity index is 1.28. The quantitative estimate of drug-likeness (QED) is 0.394. The molecule has 2 atom stereocenters. The van der Waals surface area contributed by atoms with E-state index >= 15 is 0 Å². The van der Waals surface area contributed by atoms with Crippen LogP contribution in [0.4, 0.5) is 20.2 Å². The van der Waals surface area contributed by atoms with E-state index < -0.39 is 28.8 Å². The summed E-state index contributed by atoms with van der Waals surface area (Å²) in [7, 11) is 0. The van der Waals surface area contributed by atoms with Crippen LogP contribution < -0.4 is 21.5 Å². The number of nitrogens with zero attached hydrogens (tertiary/aromatic N) is 5. The summed E-state index contributed by atoms with van der Waals surface area (Å²) in [6.45, 7) is 2.67. The van der Waals surface area contributed by atoms with Crippen molar-refractivity contribution in [3.05, 3.63) is 76.3 Å². The highest BCUT2D eigenvalue weighted by molar-refractivity contribution is 6.09. The zero-order valence-corrected chi connectivity index (χ0v) is 21.5.